The molecule has 0 bridgehead atoms. The summed E-state index contributed by atoms with van der Waals surface area (Å²) in [7, 11) is 0. The zero-order chi connectivity index (χ0) is 13.1. The second-order valence-electron chi connectivity index (χ2n) is 3.50. The van der Waals surface area contributed by atoms with E-state index in [1.165, 1.54) is 23.5 Å². The number of nitrogens with two attached hydrogens (primary N) is 1. The van der Waals surface area contributed by atoms with Gasteiger partial charge in [-0.3, -0.25) is 0 Å². The van der Waals surface area contributed by atoms with Gasteiger partial charge in [0.15, 0.2) is 0 Å². The molecule has 0 spiro atoms. The molecule has 0 saturated heterocycles. The Bertz CT molecular complexity index is 642. The van der Waals surface area contributed by atoms with Crippen LogP contribution in [0.3, 0.4) is 0 Å². The van der Waals surface area contributed by atoms with Gasteiger partial charge in [0.1, 0.15) is 11.9 Å². The highest BCUT2D eigenvalue weighted by atomic mass is 79.9. The molecule has 0 saturated carbocycles. The molecule has 1 aromatic carbocycles. The molecular weight excluding hydrogens is 315 g/mol. The SMILES string of the molecule is N#C/C(=C(/N)c1cc(F)ccc1Br)c1cccs1. The maximum atomic E-state index is 13.2. The van der Waals surface area contributed by atoms with E-state index in [1.807, 2.05) is 17.5 Å². The summed E-state index contributed by atoms with van der Waals surface area (Å²) in [6.07, 6.45) is 0. The maximum Gasteiger partial charge on any atom is 0.123 e. The van der Waals surface area contributed by atoms with E-state index >= 15 is 0 Å². The lowest BCUT2D eigenvalue weighted by molar-refractivity contribution is 0.627. The van der Waals surface area contributed by atoms with Crippen LogP contribution in [-0.2, 0) is 0 Å². The van der Waals surface area contributed by atoms with E-state index in [-0.39, 0.29) is 11.5 Å². The summed E-state index contributed by atoms with van der Waals surface area (Å²) in [4.78, 5) is 0.770. The first-order valence-electron chi connectivity index (χ1n) is 5.02. The van der Waals surface area contributed by atoms with E-state index in [1.54, 1.807) is 6.07 Å². The normalized spacial score (nSPS) is 11.8. The predicted octanol–water partition coefficient (Wildman–Crippen LogP) is 4.00. The molecule has 0 aliphatic heterocycles. The van der Waals surface area contributed by atoms with Crippen molar-refractivity contribution in [2.75, 3.05) is 0 Å². The highest BCUT2D eigenvalue weighted by Gasteiger charge is 2.12. The molecule has 2 N–H and O–H groups in total. The number of hydrogen-bond donors (Lipinski definition) is 1. The average molecular weight is 323 g/mol. The van der Waals surface area contributed by atoms with Gasteiger partial charge in [0.2, 0.25) is 0 Å². The Balaban J connectivity index is 2.62. The van der Waals surface area contributed by atoms with Crippen LogP contribution in [0.15, 0.2) is 40.2 Å². The molecular formula is C13H8BrFN2S. The van der Waals surface area contributed by atoms with Gasteiger partial charge in [-0.05, 0) is 29.6 Å². The molecule has 90 valence electrons. The van der Waals surface area contributed by atoms with Gasteiger partial charge in [-0.1, -0.05) is 22.0 Å². The average Bonchev–Trinajstić information content (AvgIpc) is 2.87. The molecule has 0 amide bonds. The Morgan fingerprint density at radius 3 is 2.78 bits per heavy atom. The maximum absolute atomic E-state index is 13.2. The number of nitrogens with zero attached hydrogens (tertiary/aromatic N) is 1. The molecule has 0 aliphatic rings. The van der Waals surface area contributed by atoms with Gasteiger partial charge in [0, 0.05) is 14.9 Å². The molecule has 2 nitrogen and oxygen atoms in total. The number of hydrogen-bond acceptors (Lipinski definition) is 3. The summed E-state index contributed by atoms with van der Waals surface area (Å²) in [5.41, 5.74) is 7.09. The summed E-state index contributed by atoms with van der Waals surface area (Å²) in [6.45, 7) is 0. The first-order valence-corrected chi connectivity index (χ1v) is 6.70. The molecule has 1 aromatic heterocycles. The lowest BCUT2D eigenvalue weighted by Crippen LogP contribution is -2.01. The molecule has 2 rings (SSSR count). The van der Waals surface area contributed by atoms with Crippen molar-refractivity contribution in [1.29, 1.82) is 5.26 Å². The van der Waals surface area contributed by atoms with Crippen molar-refractivity contribution in [1.82, 2.24) is 0 Å². The molecule has 18 heavy (non-hydrogen) atoms. The lowest BCUT2D eigenvalue weighted by atomic mass is 10.1. The molecule has 0 atom stereocenters. The fourth-order valence-electron chi connectivity index (χ4n) is 1.51. The van der Waals surface area contributed by atoms with E-state index < -0.39 is 0 Å². The van der Waals surface area contributed by atoms with Gasteiger partial charge in [0.25, 0.3) is 0 Å². The van der Waals surface area contributed by atoms with Crippen LogP contribution in [0, 0.1) is 17.1 Å². The van der Waals surface area contributed by atoms with Gasteiger partial charge < -0.3 is 5.73 Å². The van der Waals surface area contributed by atoms with Crippen molar-refractivity contribution in [2.24, 2.45) is 5.73 Å². The lowest BCUT2D eigenvalue weighted by Gasteiger charge is -2.07. The van der Waals surface area contributed by atoms with Crippen LogP contribution in [0.4, 0.5) is 4.39 Å². The van der Waals surface area contributed by atoms with Crippen LogP contribution >= 0.6 is 27.3 Å². The van der Waals surface area contributed by atoms with Crippen molar-refractivity contribution in [2.45, 2.75) is 0 Å². The largest absolute Gasteiger partial charge is 0.397 e. The van der Waals surface area contributed by atoms with E-state index in [4.69, 9.17) is 5.73 Å². The highest BCUT2D eigenvalue weighted by molar-refractivity contribution is 9.10. The van der Waals surface area contributed by atoms with E-state index in [0.717, 1.165) is 4.88 Å². The van der Waals surface area contributed by atoms with Crippen LogP contribution in [0.5, 0.6) is 0 Å². The standard InChI is InChI=1S/C13H8BrFN2S/c14-11-4-3-8(15)6-9(11)13(17)10(7-16)12-2-1-5-18-12/h1-6H,17H2/b13-10-. The third-order valence-corrected chi connectivity index (χ3v) is 3.95. The Morgan fingerprint density at radius 1 is 1.39 bits per heavy atom. The number of allylic oxidation sites excluding steroid dienone is 1. The number of benzene rings is 1. The van der Waals surface area contributed by atoms with Crippen molar-refractivity contribution in [3.05, 3.63) is 56.4 Å². The van der Waals surface area contributed by atoms with Crippen LogP contribution in [0.2, 0.25) is 0 Å². The van der Waals surface area contributed by atoms with Crippen LogP contribution < -0.4 is 5.73 Å². The number of nitriles is 1. The molecule has 0 unspecified atom stereocenters. The van der Waals surface area contributed by atoms with Gasteiger partial charge in [0.05, 0.1) is 11.3 Å². The zero-order valence-electron chi connectivity index (χ0n) is 9.15. The Morgan fingerprint density at radius 2 is 2.17 bits per heavy atom. The van der Waals surface area contributed by atoms with Gasteiger partial charge in [-0.25, -0.2) is 4.39 Å². The van der Waals surface area contributed by atoms with Gasteiger partial charge >= 0.3 is 0 Å². The van der Waals surface area contributed by atoms with E-state index in [2.05, 4.69) is 22.0 Å². The molecule has 2 aromatic rings. The smallest absolute Gasteiger partial charge is 0.123 e. The van der Waals surface area contributed by atoms with Crippen molar-refractivity contribution in [3.8, 4) is 6.07 Å². The minimum Gasteiger partial charge on any atom is -0.397 e. The first kappa shape index (κ1) is 12.8. The third-order valence-electron chi connectivity index (χ3n) is 2.37. The highest BCUT2D eigenvalue weighted by Crippen LogP contribution is 2.29. The molecule has 0 aliphatic carbocycles. The Hall–Kier alpha value is -1.64. The molecule has 5 heteroatoms. The number of rotatable bonds is 2. The minimum atomic E-state index is -0.389. The summed E-state index contributed by atoms with van der Waals surface area (Å²) < 4.78 is 13.9. The summed E-state index contributed by atoms with van der Waals surface area (Å²) >= 11 is 4.72. The Kier molecular flexibility index (Phi) is 3.80. The summed E-state index contributed by atoms with van der Waals surface area (Å²) in [6, 6.07) is 9.93. The van der Waals surface area contributed by atoms with Crippen LogP contribution in [0.25, 0.3) is 11.3 Å². The number of thiophene rings is 1. The zero-order valence-corrected chi connectivity index (χ0v) is 11.6. The van der Waals surface area contributed by atoms with Crippen LogP contribution in [0.1, 0.15) is 10.4 Å². The monoisotopic (exact) mass is 322 g/mol. The van der Waals surface area contributed by atoms with Crippen molar-refractivity contribution < 1.29 is 4.39 Å². The predicted molar refractivity (Wildman–Crippen MR) is 75.0 cm³/mol. The Labute approximate surface area is 116 Å². The second kappa shape index (κ2) is 5.34. The van der Waals surface area contributed by atoms with E-state index in [0.29, 0.717) is 15.6 Å². The van der Waals surface area contributed by atoms with Crippen molar-refractivity contribution in [3.63, 3.8) is 0 Å². The topological polar surface area (TPSA) is 49.8 Å². The quantitative estimate of drug-likeness (QED) is 0.849. The molecule has 0 radical (unpaired) electrons. The molecule has 0 fully saturated rings. The van der Waals surface area contributed by atoms with E-state index in [9.17, 15) is 9.65 Å². The number of halogens is 2. The first-order chi connectivity index (χ1) is 8.63. The third kappa shape index (κ3) is 2.45. The van der Waals surface area contributed by atoms with Gasteiger partial charge in [-0.15, -0.1) is 11.3 Å². The second-order valence-corrected chi connectivity index (χ2v) is 5.30. The summed E-state index contributed by atoms with van der Waals surface area (Å²) in [5.74, 6) is -0.389. The van der Waals surface area contributed by atoms with Gasteiger partial charge in [-0.2, -0.15) is 5.26 Å². The van der Waals surface area contributed by atoms with Crippen molar-refractivity contribution >= 4 is 38.5 Å². The molecule has 1 heterocycles. The summed E-state index contributed by atoms with van der Waals surface area (Å²) in [5, 5.41) is 11.1. The van der Waals surface area contributed by atoms with Crippen LogP contribution in [-0.4, -0.2) is 0 Å². The fraction of sp³-hybridized carbons (Fsp3) is 0. The minimum absolute atomic E-state index is 0.270. The fourth-order valence-corrected chi connectivity index (χ4v) is 2.70.